The van der Waals surface area contributed by atoms with Gasteiger partial charge in [-0.3, -0.25) is 5.32 Å². The van der Waals surface area contributed by atoms with Gasteiger partial charge in [0.2, 0.25) is 0 Å². The fourth-order valence-electron chi connectivity index (χ4n) is 3.90. The van der Waals surface area contributed by atoms with Gasteiger partial charge in [-0.05, 0) is 57.0 Å². The van der Waals surface area contributed by atoms with Crippen molar-refractivity contribution in [1.82, 2.24) is 14.5 Å². The smallest absolute Gasteiger partial charge is 0.411 e. The first-order chi connectivity index (χ1) is 16.0. The van der Waals surface area contributed by atoms with Gasteiger partial charge in [0.15, 0.2) is 0 Å². The number of nitrogen functional groups attached to an aromatic ring is 1. The average molecular weight is 444 g/mol. The predicted molar refractivity (Wildman–Crippen MR) is 127 cm³/mol. The number of rotatable bonds is 6. The molecule has 0 saturated heterocycles. The monoisotopic (exact) mass is 443 g/mol. The van der Waals surface area contributed by atoms with Crippen molar-refractivity contribution in [2.75, 3.05) is 11.1 Å². The first-order valence-corrected chi connectivity index (χ1v) is 11.0. The quantitative estimate of drug-likeness (QED) is 0.392. The van der Waals surface area contributed by atoms with Crippen molar-refractivity contribution in [2.45, 2.75) is 38.8 Å². The van der Waals surface area contributed by atoms with Gasteiger partial charge >= 0.3 is 12.1 Å². The lowest BCUT2D eigenvalue weighted by Gasteiger charge is -2.12. The van der Waals surface area contributed by atoms with E-state index >= 15 is 0 Å². The molecule has 0 bridgehead atoms. The molecule has 8 nitrogen and oxygen atoms in total. The van der Waals surface area contributed by atoms with E-state index in [0.29, 0.717) is 23.5 Å². The molecule has 1 saturated carbocycles. The number of aromatic nitrogens is 3. The van der Waals surface area contributed by atoms with Crippen molar-refractivity contribution in [1.29, 1.82) is 0 Å². The van der Waals surface area contributed by atoms with Crippen molar-refractivity contribution in [2.24, 2.45) is 0 Å². The highest BCUT2D eigenvalue weighted by atomic mass is 16.6. The van der Waals surface area contributed by atoms with Crippen molar-refractivity contribution in [3.8, 4) is 23.0 Å². The second kappa shape index (κ2) is 8.46. The summed E-state index contributed by atoms with van der Waals surface area (Å²) < 4.78 is 13.3. The van der Waals surface area contributed by atoms with E-state index in [-0.39, 0.29) is 6.10 Å². The van der Waals surface area contributed by atoms with Gasteiger partial charge in [0, 0.05) is 41.1 Å². The van der Waals surface area contributed by atoms with Crippen LogP contribution >= 0.6 is 0 Å². The van der Waals surface area contributed by atoms with Gasteiger partial charge in [-0.15, -0.1) is 0 Å². The number of carbonyl (C=O) groups is 1. The Labute approximate surface area is 191 Å². The van der Waals surface area contributed by atoms with Gasteiger partial charge in [0.1, 0.15) is 5.75 Å². The van der Waals surface area contributed by atoms with Crippen molar-refractivity contribution >= 4 is 28.4 Å². The van der Waals surface area contributed by atoms with E-state index in [4.69, 9.17) is 15.2 Å². The maximum absolute atomic E-state index is 11.9. The maximum Gasteiger partial charge on any atom is 0.411 e. The zero-order valence-electron chi connectivity index (χ0n) is 18.5. The standard InChI is InChI=1S/C25H25N5O3/c1-15(2)32-25(31)29-17-6-4-16(5-7-17)23-22(26)20-11-10-19(33-24-27-12-3-13-28-24)14-21(20)30(23)18-8-9-18/h3-7,10-15,18H,8-9,26H2,1-2H3,(H,29,31). The third-order valence-corrected chi connectivity index (χ3v) is 5.43. The number of nitrogens with two attached hydrogens (primary N) is 1. The first kappa shape index (κ1) is 20.8. The zero-order valence-corrected chi connectivity index (χ0v) is 18.5. The number of anilines is 2. The van der Waals surface area contributed by atoms with E-state index < -0.39 is 6.09 Å². The first-order valence-electron chi connectivity index (χ1n) is 11.0. The number of benzene rings is 2. The molecule has 0 radical (unpaired) electrons. The van der Waals surface area contributed by atoms with Crippen LogP contribution in [0.4, 0.5) is 16.2 Å². The summed E-state index contributed by atoms with van der Waals surface area (Å²) in [7, 11) is 0. The summed E-state index contributed by atoms with van der Waals surface area (Å²) in [5.41, 5.74) is 11.0. The molecule has 0 atom stereocenters. The van der Waals surface area contributed by atoms with Crippen molar-refractivity contribution in [3.05, 3.63) is 60.9 Å². The molecule has 1 aliphatic rings. The Bertz CT molecular complexity index is 1300. The van der Waals surface area contributed by atoms with Gasteiger partial charge in [0.05, 0.1) is 23.0 Å². The molecular formula is C25H25N5O3. The number of carbonyl (C=O) groups excluding carboxylic acids is 1. The molecule has 168 valence electrons. The number of hydrogen-bond acceptors (Lipinski definition) is 6. The molecule has 1 aliphatic carbocycles. The second-order valence-corrected chi connectivity index (χ2v) is 8.33. The van der Waals surface area contributed by atoms with Gasteiger partial charge in [-0.25, -0.2) is 14.8 Å². The number of fused-ring (bicyclic) bond motifs is 1. The van der Waals surface area contributed by atoms with Crippen LogP contribution in [0.25, 0.3) is 22.2 Å². The normalized spacial score (nSPS) is 13.3. The largest absolute Gasteiger partial charge is 0.447 e. The van der Waals surface area contributed by atoms with E-state index in [2.05, 4.69) is 19.9 Å². The molecule has 0 unspecified atom stereocenters. The van der Waals surface area contributed by atoms with E-state index in [1.165, 1.54) is 0 Å². The maximum atomic E-state index is 11.9. The zero-order chi connectivity index (χ0) is 22.9. The molecule has 33 heavy (non-hydrogen) atoms. The van der Waals surface area contributed by atoms with Crippen LogP contribution in [0, 0.1) is 0 Å². The summed E-state index contributed by atoms with van der Waals surface area (Å²) in [6.07, 6.45) is 4.84. The summed E-state index contributed by atoms with van der Waals surface area (Å²) in [5.74, 6) is 0.655. The molecule has 0 aliphatic heterocycles. The summed E-state index contributed by atoms with van der Waals surface area (Å²) in [6.45, 7) is 3.62. The molecule has 5 rings (SSSR count). The van der Waals surface area contributed by atoms with Crippen LogP contribution in [0.15, 0.2) is 60.9 Å². The summed E-state index contributed by atoms with van der Waals surface area (Å²) in [6, 6.07) is 15.9. The molecule has 4 aromatic rings. The van der Waals surface area contributed by atoms with E-state index in [1.54, 1.807) is 18.5 Å². The Balaban J connectivity index is 1.49. The molecule has 2 heterocycles. The van der Waals surface area contributed by atoms with E-state index in [9.17, 15) is 4.79 Å². The molecule has 2 aromatic heterocycles. The molecule has 2 aromatic carbocycles. The number of hydrogen-bond donors (Lipinski definition) is 2. The number of nitrogens with zero attached hydrogens (tertiary/aromatic N) is 3. The fourth-order valence-corrected chi connectivity index (χ4v) is 3.90. The summed E-state index contributed by atoms with van der Waals surface area (Å²) >= 11 is 0. The predicted octanol–water partition coefficient (Wildman–Crippen LogP) is 5.76. The minimum Gasteiger partial charge on any atom is -0.447 e. The Morgan fingerprint density at radius 3 is 2.52 bits per heavy atom. The Hall–Kier alpha value is -4.07. The highest BCUT2D eigenvalue weighted by Gasteiger charge is 2.30. The minimum atomic E-state index is -0.473. The number of ether oxygens (including phenoxy) is 2. The summed E-state index contributed by atoms with van der Waals surface area (Å²) in [5, 5.41) is 3.72. The lowest BCUT2D eigenvalue weighted by Crippen LogP contribution is -2.17. The second-order valence-electron chi connectivity index (χ2n) is 8.33. The van der Waals surface area contributed by atoms with Crippen LogP contribution in [-0.4, -0.2) is 26.7 Å². The van der Waals surface area contributed by atoms with Crippen molar-refractivity contribution < 1.29 is 14.3 Å². The number of nitrogens with one attached hydrogen (secondary N) is 1. The molecule has 3 N–H and O–H groups in total. The van der Waals surface area contributed by atoms with Gasteiger partial charge < -0.3 is 19.8 Å². The van der Waals surface area contributed by atoms with Gasteiger partial charge in [-0.2, -0.15) is 0 Å². The van der Waals surface area contributed by atoms with Gasteiger partial charge in [0.25, 0.3) is 0 Å². The van der Waals surface area contributed by atoms with Gasteiger partial charge in [-0.1, -0.05) is 12.1 Å². The topological polar surface area (TPSA) is 104 Å². The van der Waals surface area contributed by atoms with Crippen LogP contribution in [0.1, 0.15) is 32.7 Å². The molecule has 0 spiro atoms. The third-order valence-electron chi connectivity index (χ3n) is 5.43. The molecular weight excluding hydrogens is 418 g/mol. The fraction of sp³-hybridized carbons (Fsp3) is 0.240. The molecule has 1 fully saturated rings. The molecule has 1 amide bonds. The summed E-state index contributed by atoms with van der Waals surface area (Å²) in [4.78, 5) is 20.2. The highest BCUT2D eigenvalue weighted by Crippen LogP contribution is 2.47. The van der Waals surface area contributed by atoms with Crippen LogP contribution in [0.2, 0.25) is 0 Å². The Kier molecular flexibility index (Phi) is 5.34. The average Bonchev–Trinajstić information content (AvgIpc) is 3.59. The lowest BCUT2D eigenvalue weighted by atomic mass is 10.1. The highest BCUT2D eigenvalue weighted by molar-refractivity contribution is 6.02. The Morgan fingerprint density at radius 1 is 1.12 bits per heavy atom. The van der Waals surface area contributed by atoms with Crippen molar-refractivity contribution in [3.63, 3.8) is 0 Å². The van der Waals surface area contributed by atoms with Crippen LogP contribution in [0.5, 0.6) is 11.8 Å². The van der Waals surface area contributed by atoms with Crippen LogP contribution in [0.3, 0.4) is 0 Å². The third kappa shape index (κ3) is 4.32. The van der Waals surface area contributed by atoms with E-state index in [1.807, 2.05) is 56.3 Å². The van der Waals surface area contributed by atoms with Crippen LogP contribution in [-0.2, 0) is 4.74 Å². The lowest BCUT2D eigenvalue weighted by molar-refractivity contribution is 0.130. The molecule has 8 heteroatoms. The number of amides is 1. The Morgan fingerprint density at radius 2 is 1.85 bits per heavy atom. The van der Waals surface area contributed by atoms with E-state index in [0.717, 1.165) is 40.7 Å². The SMILES string of the molecule is CC(C)OC(=O)Nc1ccc(-c2c(N)c3ccc(Oc4ncccn4)cc3n2C2CC2)cc1. The van der Waals surface area contributed by atoms with Crippen LogP contribution < -0.4 is 15.8 Å². The minimum absolute atomic E-state index is 0.180.